The van der Waals surface area contributed by atoms with Crippen LogP contribution < -0.4 is 5.32 Å². The maximum absolute atomic E-state index is 11.5. The molecule has 96 valence electrons. The number of terminal acetylenes is 1. The van der Waals surface area contributed by atoms with Crippen molar-refractivity contribution in [3.63, 3.8) is 0 Å². The molecule has 0 radical (unpaired) electrons. The molecule has 1 unspecified atom stereocenters. The number of nitrogens with one attached hydrogen (secondary N) is 1. The molecule has 0 heterocycles. The molecule has 0 saturated carbocycles. The zero-order valence-electron chi connectivity index (χ0n) is 10.6. The van der Waals surface area contributed by atoms with Gasteiger partial charge >= 0.3 is 12.0 Å². The highest BCUT2D eigenvalue weighted by molar-refractivity contribution is 5.76. The predicted octanol–water partition coefficient (Wildman–Crippen LogP) is 1.01. The van der Waals surface area contributed by atoms with Crippen LogP contribution in [0.2, 0.25) is 0 Å². The van der Waals surface area contributed by atoms with Crippen molar-refractivity contribution in [1.82, 2.24) is 10.2 Å². The molecule has 0 aromatic heterocycles. The lowest BCUT2D eigenvalue weighted by Crippen LogP contribution is -2.41. The molecule has 5 heteroatoms. The second kappa shape index (κ2) is 7.55. The second-order valence-corrected chi connectivity index (χ2v) is 4.41. The fourth-order valence-electron chi connectivity index (χ4n) is 1.39. The Kier molecular flexibility index (Phi) is 6.80. The van der Waals surface area contributed by atoms with Gasteiger partial charge in [0.2, 0.25) is 0 Å². The van der Waals surface area contributed by atoms with E-state index in [-0.39, 0.29) is 25.0 Å². The van der Waals surface area contributed by atoms with E-state index in [4.69, 9.17) is 11.5 Å². The van der Waals surface area contributed by atoms with Crippen molar-refractivity contribution >= 4 is 12.0 Å². The molecule has 1 atom stereocenters. The van der Waals surface area contributed by atoms with Gasteiger partial charge in [0.15, 0.2) is 0 Å². The van der Waals surface area contributed by atoms with Crippen molar-refractivity contribution in [2.75, 3.05) is 20.1 Å². The Morgan fingerprint density at radius 1 is 1.47 bits per heavy atom. The minimum Gasteiger partial charge on any atom is -0.481 e. The molecule has 0 aliphatic heterocycles. The maximum Gasteiger partial charge on any atom is 0.317 e. The third kappa shape index (κ3) is 6.46. The summed E-state index contributed by atoms with van der Waals surface area (Å²) in [7, 11) is 1.56. The number of hydrogen-bond donors (Lipinski definition) is 2. The van der Waals surface area contributed by atoms with Crippen molar-refractivity contribution in [1.29, 1.82) is 0 Å². The summed E-state index contributed by atoms with van der Waals surface area (Å²) >= 11 is 0. The number of carboxylic acid groups (broad SMARTS) is 1. The molecule has 0 aromatic rings. The highest BCUT2D eigenvalue weighted by atomic mass is 16.4. The summed E-state index contributed by atoms with van der Waals surface area (Å²) in [6.45, 7) is 4.22. The number of carboxylic acids is 1. The second-order valence-electron chi connectivity index (χ2n) is 4.41. The Morgan fingerprint density at radius 3 is 2.47 bits per heavy atom. The molecular weight excluding hydrogens is 220 g/mol. The van der Waals surface area contributed by atoms with Crippen molar-refractivity contribution in [2.45, 2.75) is 20.3 Å². The molecule has 0 bridgehead atoms. The minimum atomic E-state index is -0.890. The molecule has 2 N–H and O–H groups in total. The molecule has 5 nitrogen and oxygen atoms in total. The topological polar surface area (TPSA) is 69.6 Å². The molecule has 0 aromatic carbocycles. The number of carbonyl (C=O) groups excluding carboxylic acids is 1. The molecule has 17 heavy (non-hydrogen) atoms. The number of rotatable bonds is 6. The third-order valence-corrected chi connectivity index (χ3v) is 2.28. The molecule has 0 saturated heterocycles. The Labute approximate surface area is 102 Å². The van der Waals surface area contributed by atoms with E-state index in [1.807, 2.05) is 13.8 Å². The van der Waals surface area contributed by atoms with E-state index in [0.717, 1.165) is 0 Å². The summed E-state index contributed by atoms with van der Waals surface area (Å²) in [6, 6.07) is -0.349. The lowest BCUT2D eigenvalue weighted by atomic mass is 9.97. The van der Waals surface area contributed by atoms with Crippen LogP contribution in [-0.2, 0) is 4.79 Å². The first kappa shape index (κ1) is 15.3. The standard InChI is InChI=1S/C12H20N2O3/c1-5-6-14(4)12(17)13-8-10(11(15)16)7-9(2)3/h1,9-10H,6-8H2,2-4H3,(H,13,17)(H,15,16). The fourth-order valence-corrected chi connectivity index (χ4v) is 1.39. The van der Waals surface area contributed by atoms with Gasteiger partial charge in [-0.05, 0) is 12.3 Å². The first-order chi connectivity index (χ1) is 7.88. The molecule has 2 amide bonds. The molecule has 0 rings (SSSR count). The SMILES string of the molecule is C#CCN(C)C(=O)NCC(CC(C)C)C(=O)O. The average Bonchev–Trinajstić information content (AvgIpc) is 2.23. The number of nitrogens with zero attached hydrogens (tertiary/aromatic N) is 1. The van der Waals surface area contributed by atoms with Crippen LogP contribution in [0, 0.1) is 24.2 Å². The van der Waals surface area contributed by atoms with Gasteiger partial charge in [0.05, 0.1) is 12.5 Å². The van der Waals surface area contributed by atoms with E-state index in [0.29, 0.717) is 6.42 Å². The molecular formula is C12H20N2O3. The Morgan fingerprint density at radius 2 is 2.06 bits per heavy atom. The lowest BCUT2D eigenvalue weighted by Gasteiger charge is -2.19. The highest BCUT2D eigenvalue weighted by Crippen LogP contribution is 2.11. The first-order valence-corrected chi connectivity index (χ1v) is 5.53. The van der Waals surface area contributed by atoms with E-state index >= 15 is 0 Å². The van der Waals surface area contributed by atoms with E-state index in [2.05, 4.69) is 11.2 Å². The van der Waals surface area contributed by atoms with Crippen LogP contribution in [-0.4, -0.2) is 42.1 Å². The van der Waals surface area contributed by atoms with Crippen molar-refractivity contribution < 1.29 is 14.7 Å². The number of urea groups is 1. The third-order valence-electron chi connectivity index (χ3n) is 2.28. The Hall–Kier alpha value is -1.70. The zero-order valence-corrected chi connectivity index (χ0v) is 10.6. The normalized spacial score (nSPS) is 11.7. The smallest absolute Gasteiger partial charge is 0.317 e. The van der Waals surface area contributed by atoms with Crippen molar-refractivity contribution in [2.24, 2.45) is 11.8 Å². The highest BCUT2D eigenvalue weighted by Gasteiger charge is 2.20. The van der Waals surface area contributed by atoms with Crippen LogP contribution in [0.1, 0.15) is 20.3 Å². The van der Waals surface area contributed by atoms with Crippen LogP contribution in [0.5, 0.6) is 0 Å². The molecule has 0 aliphatic carbocycles. The number of aliphatic carboxylic acids is 1. The van der Waals surface area contributed by atoms with Crippen LogP contribution in [0.4, 0.5) is 4.79 Å². The van der Waals surface area contributed by atoms with Gasteiger partial charge in [-0.1, -0.05) is 19.8 Å². The summed E-state index contributed by atoms with van der Waals surface area (Å²) in [6.07, 6.45) is 5.61. The summed E-state index contributed by atoms with van der Waals surface area (Å²) < 4.78 is 0. The first-order valence-electron chi connectivity index (χ1n) is 5.53. The van der Waals surface area contributed by atoms with Gasteiger partial charge in [-0.3, -0.25) is 4.79 Å². The monoisotopic (exact) mass is 240 g/mol. The van der Waals surface area contributed by atoms with Gasteiger partial charge in [-0.15, -0.1) is 6.42 Å². The van der Waals surface area contributed by atoms with Crippen LogP contribution >= 0.6 is 0 Å². The summed E-state index contributed by atoms with van der Waals surface area (Å²) in [5, 5.41) is 11.5. The van der Waals surface area contributed by atoms with E-state index in [9.17, 15) is 9.59 Å². The summed E-state index contributed by atoms with van der Waals surface area (Å²) in [5.74, 6) is 1.17. The van der Waals surface area contributed by atoms with Gasteiger partial charge in [0, 0.05) is 13.6 Å². The number of carbonyl (C=O) groups is 2. The van der Waals surface area contributed by atoms with Gasteiger partial charge in [-0.25, -0.2) is 4.79 Å². The van der Waals surface area contributed by atoms with Crippen LogP contribution in [0.15, 0.2) is 0 Å². The average molecular weight is 240 g/mol. The fraction of sp³-hybridized carbons (Fsp3) is 0.667. The minimum absolute atomic E-state index is 0.126. The quantitative estimate of drug-likeness (QED) is 0.681. The maximum atomic E-state index is 11.5. The molecule has 0 aliphatic rings. The summed E-state index contributed by atoms with van der Waals surface area (Å²) in [5.41, 5.74) is 0. The van der Waals surface area contributed by atoms with Crippen molar-refractivity contribution in [3.8, 4) is 12.3 Å². The molecule has 0 fully saturated rings. The number of hydrogen-bond acceptors (Lipinski definition) is 2. The molecule has 0 spiro atoms. The van der Waals surface area contributed by atoms with Gasteiger partial charge in [0.25, 0.3) is 0 Å². The summed E-state index contributed by atoms with van der Waals surface area (Å²) in [4.78, 5) is 23.7. The predicted molar refractivity (Wildman–Crippen MR) is 65.4 cm³/mol. The van der Waals surface area contributed by atoms with Gasteiger partial charge < -0.3 is 15.3 Å². The van der Waals surface area contributed by atoms with E-state index in [1.165, 1.54) is 4.90 Å². The van der Waals surface area contributed by atoms with Crippen molar-refractivity contribution in [3.05, 3.63) is 0 Å². The van der Waals surface area contributed by atoms with Gasteiger partial charge in [0.1, 0.15) is 0 Å². The largest absolute Gasteiger partial charge is 0.481 e. The van der Waals surface area contributed by atoms with E-state index in [1.54, 1.807) is 7.05 Å². The van der Waals surface area contributed by atoms with Crippen LogP contribution in [0.3, 0.4) is 0 Å². The zero-order chi connectivity index (χ0) is 13.4. The van der Waals surface area contributed by atoms with E-state index < -0.39 is 11.9 Å². The Bertz CT molecular complexity index is 307. The van der Waals surface area contributed by atoms with Gasteiger partial charge in [-0.2, -0.15) is 0 Å². The van der Waals surface area contributed by atoms with Crippen LogP contribution in [0.25, 0.3) is 0 Å². The number of amides is 2. The Balaban J connectivity index is 4.18. The lowest BCUT2D eigenvalue weighted by molar-refractivity contribution is -0.142.